The summed E-state index contributed by atoms with van der Waals surface area (Å²) in [5.74, 6) is 0.772. The first-order valence-electron chi connectivity index (χ1n) is 7.39. The minimum Gasteiger partial charge on any atom is -0.384 e. The molecule has 1 saturated heterocycles. The largest absolute Gasteiger partial charge is 0.384 e. The third-order valence-corrected chi connectivity index (χ3v) is 4.26. The number of rotatable bonds is 7. The first-order valence-corrected chi connectivity index (χ1v) is 7.39. The predicted molar refractivity (Wildman–Crippen MR) is 78.0 cm³/mol. The monoisotopic (exact) mass is 256 g/mol. The Morgan fingerprint density at radius 3 is 2.33 bits per heavy atom. The average Bonchev–Trinajstić information content (AvgIpc) is 2.29. The van der Waals surface area contributed by atoms with Crippen LogP contribution in [0.5, 0.6) is 0 Å². The number of nitrogens with zero attached hydrogens (tertiary/aromatic N) is 1. The van der Waals surface area contributed by atoms with Gasteiger partial charge in [-0.25, -0.2) is 0 Å². The standard InChI is InChI=1S/C15H32N2O/c1-13(2)10-14(3)17(4)11-15(12-18-5)6-8-16-9-7-15/h13-14,16H,6-12H2,1-5H3. The van der Waals surface area contributed by atoms with E-state index in [1.54, 1.807) is 0 Å². The van der Waals surface area contributed by atoms with Crippen LogP contribution in [-0.4, -0.2) is 51.3 Å². The number of hydrogen-bond acceptors (Lipinski definition) is 3. The summed E-state index contributed by atoms with van der Waals surface area (Å²) in [5, 5.41) is 3.46. The molecule has 3 nitrogen and oxygen atoms in total. The minimum absolute atomic E-state index is 0.361. The van der Waals surface area contributed by atoms with Gasteiger partial charge in [0.05, 0.1) is 6.61 Å². The van der Waals surface area contributed by atoms with Gasteiger partial charge in [-0.05, 0) is 52.2 Å². The van der Waals surface area contributed by atoms with Gasteiger partial charge in [0.2, 0.25) is 0 Å². The van der Waals surface area contributed by atoms with Crippen LogP contribution < -0.4 is 5.32 Å². The topological polar surface area (TPSA) is 24.5 Å². The smallest absolute Gasteiger partial charge is 0.0531 e. The van der Waals surface area contributed by atoms with Crippen LogP contribution in [0.4, 0.5) is 0 Å². The number of nitrogens with one attached hydrogen (secondary N) is 1. The fraction of sp³-hybridized carbons (Fsp3) is 1.00. The van der Waals surface area contributed by atoms with E-state index in [0.717, 1.165) is 32.2 Å². The van der Waals surface area contributed by atoms with Gasteiger partial charge in [-0.15, -0.1) is 0 Å². The Bertz CT molecular complexity index is 219. The van der Waals surface area contributed by atoms with Crippen molar-refractivity contribution in [2.75, 3.05) is 40.4 Å². The molecule has 0 aromatic rings. The fourth-order valence-corrected chi connectivity index (χ4v) is 3.16. The molecular formula is C15H32N2O. The van der Waals surface area contributed by atoms with Crippen molar-refractivity contribution in [2.45, 2.75) is 46.1 Å². The van der Waals surface area contributed by atoms with Crippen LogP contribution >= 0.6 is 0 Å². The molecule has 0 spiro atoms. The summed E-state index contributed by atoms with van der Waals surface area (Å²) < 4.78 is 5.49. The van der Waals surface area contributed by atoms with Crippen LogP contribution in [0.25, 0.3) is 0 Å². The van der Waals surface area contributed by atoms with E-state index in [1.165, 1.54) is 19.3 Å². The first-order chi connectivity index (χ1) is 8.49. The molecule has 0 radical (unpaired) electrons. The summed E-state index contributed by atoms with van der Waals surface area (Å²) in [7, 11) is 4.10. The summed E-state index contributed by atoms with van der Waals surface area (Å²) in [5.41, 5.74) is 0.361. The zero-order chi connectivity index (χ0) is 13.6. The maximum Gasteiger partial charge on any atom is 0.0531 e. The van der Waals surface area contributed by atoms with Gasteiger partial charge in [-0.3, -0.25) is 0 Å². The van der Waals surface area contributed by atoms with Gasteiger partial charge >= 0.3 is 0 Å². The fourth-order valence-electron chi connectivity index (χ4n) is 3.16. The number of ether oxygens (including phenoxy) is 1. The Labute approximate surface area is 113 Å². The van der Waals surface area contributed by atoms with Crippen LogP contribution in [0.2, 0.25) is 0 Å². The molecule has 1 atom stereocenters. The molecule has 1 aliphatic rings. The van der Waals surface area contributed by atoms with Crippen molar-refractivity contribution in [1.29, 1.82) is 0 Å². The van der Waals surface area contributed by atoms with Crippen LogP contribution in [0.1, 0.15) is 40.0 Å². The molecule has 1 fully saturated rings. The Balaban J connectivity index is 2.54. The van der Waals surface area contributed by atoms with Crippen molar-refractivity contribution in [2.24, 2.45) is 11.3 Å². The normalized spacial score (nSPS) is 21.5. The van der Waals surface area contributed by atoms with Crippen molar-refractivity contribution >= 4 is 0 Å². The van der Waals surface area contributed by atoms with E-state index in [9.17, 15) is 0 Å². The molecule has 1 N–H and O–H groups in total. The number of methoxy groups -OCH3 is 1. The molecule has 1 rings (SSSR count). The zero-order valence-corrected chi connectivity index (χ0v) is 13.0. The quantitative estimate of drug-likeness (QED) is 0.757. The van der Waals surface area contributed by atoms with Gasteiger partial charge in [0.25, 0.3) is 0 Å². The van der Waals surface area contributed by atoms with E-state index in [2.05, 4.69) is 38.0 Å². The number of piperidine rings is 1. The van der Waals surface area contributed by atoms with Gasteiger partial charge in [-0.2, -0.15) is 0 Å². The van der Waals surface area contributed by atoms with Gasteiger partial charge in [0.1, 0.15) is 0 Å². The highest BCUT2D eigenvalue weighted by Gasteiger charge is 2.34. The molecule has 0 amide bonds. The molecular weight excluding hydrogens is 224 g/mol. The highest BCUT2D eigenvalue weighted by Crippen LogP contribution is 2.31. The molecule has 0 aliphatic carbocycles. The lowest BCUT2D eigenvalue weighted by Gasteiger charge is -2.41. The van der Waals surface area contributed by atoms with Gasteiger partial charge < -0.3 is 15.0 Å². The molecule has 0 bridgehead atoms. The third-order valence-electron chi connectivity index (χ3n) is 4.26. The average molecular weight is 256 g/mol. The molecule has 18 heavy (non-hydrogen) atoms. The molecule has 0 aromatic heterocycles. The summed E-state index contributed by atoms with van der Waals surface area (Å²) in [6.07, 6.45) is 3.75. The Morgan fingerprint density at radius 1 is 1.22 bits per heavy atom. The lowest BCUT2D eigenvalue weighted by atomic mass is 9.79. The lowest BCUT2D eigenvalue weighted by Crippen LogP contribution is -2.48. The van der Waals surface area contributed by atoms with E-state index >= 15 is 0 Å². The maximum absolute atomic E-state index is 5.49. The molecule has 0 saturated carbocycles. The van der Waals surface area contributed by atoms with Crippen LogP contribution in [0, 0.1) is 11.3 Å². The van der Waals surface area contributed by atoms with E-state index in [1.807, 2.05) is 7.11 Å². The van der Waals surface area contributed by atoms with Crippen molar-refractivity contribution in [3.05, 3.63) is 0 Å². The van der Waals surface area contributed by atoms with E-state index in [-0.39, 0.29) is 0 Å². The third kappa shape index (κ3) is 4.87. The van der Waals surface area contributed by atoms with Crippen LogP contribution in [0.15, 0.2) is 0 Å². The minimum atomic E-state index is 0.361. The Morgan fingerprint density at radius 2 is 1.83 bits per heavy atom. The van der Waals surface area contributed by atoms with Crippen molar-refractivity contribution in [3.8, 4) is 0 Å². The molecule has 1 unspecified atom stereocenters. The van der Waals surface area contributed by atoms with Gasteiger partial charge in [0, 0.05) is 25.1 Å². The SMILES string of the molecule is COCC1(CN(C)C(C)CC(C)C)CCNCC1. The second-order valence-corrected chi connectivity index (χ2v) is 6.58. The lowest BCUT2D eigenvalue weighted by molar-refractivity contribution is 0.0183. The van der Waals surface area contributed by atoms with Gasteiger partial charge in [0.15, 0.2) is 0 Å². The molecule has 3 heteroatoms. The number of hydrogen-bond donors (Lipinski definition) is 1. The molecule has 0 aromatic carbocycles. The predicted octanol–water partition coefficient (Wildman–Crippen LogP) is 2.37. The summed E-state index contributed by atoms with van der Waals surface area (Å²) in [4.78, 5) is 2.53. The van der Waals surface area contributed by atoms with Crippen LogP contribution in [0.3, 0.4) is 0 Å². The van der Waals surface area contributed by atoms with E-state index in [0.29, 0.717) is 11.5 Å². The second-order valence-electron chi connectivity index (χ2n) is 6.58. The van der Waals surface area contributed by atoms with Crippen molar-refractivity contribution in [3.63, 3.8) is 0 Å². The van der Waals surface area contributed by atoms with Crippen LogP contribution in [-0.2, 0) is 4.74 Å². The Kier molecular flexibility index (Phi) is 6.61. The maximum atomic E-state index is 5.49. The zero-order valence-electron chi connectivity index (χ0n) is 13.0. The highest BCUT2D eigenvalue weighted by atomic mass is 16.5. The molecule has 1 aliphatic heterocycles. The summed E-state index contributed by atoms with van der Waals surface area (Å²) >= 11 is 0. The Hall–Kier alpha value is -0.120. The summed E-state index contributed by atoms with van der Waals surface area (Å²) in [6, 6.07) is 0.661. The summed E-state index contributed by atoms with van der Waals surface area (Å²) in [6.45, 7) is 11.3. The van der Waals surface area contributed by atoms with E-state index < -0.39 is 0 Å². The second kappa shape index (κ2) is 7.46. The molecule has 1 heterocycles. The van der Waals surface area contributed by atoms with Gasteiger partial charge in [-0.1, -0.05) is 13.8 Å². The van der Waals surface area contributed by atoms with E-state index in [4.69, 9.17) is 4.74 Å². The van der Waals surface area contributed by atoms with Crippen molar-refractivity contribution in [1.82, 2.24) is 10.2 Å². The highest BCUT2D eigenvalue weighted by molar-refractivity contribution is 4.88. The van der Waals surface area contributed by atoms with Crippen molar-refractivity contribution < 1.29 is 4.74 Å². The molecule has 108 valence electrons. The first kappa shape index (κ1) is 15.9.